The molecule has 108 valence electrons. The molecule has 0 bridgehead atoms. The van der Waals surface area contributed by atoms with Crippen LogP contribution in [0.25, 0.3) is 0 Å². The number of hydrogen-bond donors (Lipinski definition) is 3. The molecule has 1 amide bonds. The van der Waals surface area contributed by atoms with Crippen LogP contribution in [0.5, 0.6) is 0 Å². The molecule has 2 rings (SSSR count). The molecule has 0 atom stereocenters. The maximum Gasteiger partial charge on any atom is 0.251 e. The number of nitrogens with two attached hydrogens (primary N) is 1. The fraction of sp³-hybridized carbons (Fsp3) is 0.467. The van der Waals surface area contributed by atoms with Crippen LogP contribution in [0.4, 0.5) is 0 Å². The van der Waals surface area contributed by atoms with E-state index >= 15 is 0 Å². The van der Waals surface area contributed by atoms with E-state index in [1.807, 2.05) is 0 Å². The van der Waals surface area contributed by atoms with Crippen molar-refractivity contribution in [1.29, 1.82) is 0 Å². The van der Waals surface area contributed by atoms with Crippen molar-refractivity contribution >= 4 is 11.7 Å². The predicted molar refractivity (Wildman–Crippen MR) is 77.9 cm³/mol. The number of nitrogens with one attached hydrogen (secondary N) is 1. The molecule has 0 saturated heterocycles. The van der Waals surface area contributed by atoms with Gasteiger partial charge in [-0.2, -0.15) is 0 Å². The van der Waals surface area contributed by atoms with Crippen LogP contribution >= 0.6 is 0 Å². The number of benzene rings is 1. The van der Waals surface area contributed by atoms with Gasteiger partial charge >= 0.3 is 0 Å². The molecule has 20 heavy (non-hydrogen) atoms. The summed E-state index contributed by atoms with van der Waals surface area (Å²) in [4.78, 5) is 12.1. The Morgan fingerprint density at radius 1 is 1.35 bits per heavy atom. The van der Waals surface area contributed by atoms with Gasteiger partial charge in [0.05, 0.1) is 0 Å². The second-order valence-corrected chi connectivity index (χ2v) is 5.50. The van der Waals surface area contributed by atoms with Crippen LogP contribution < -0.4 is 11.1 Å². The maximum atomic E-state index is 12.1. The Bertz CT molecular complexity index is 504. The standard InChI is InChI=1S/C15H21N3O2/c1-2-7-15(8-9-15)10-17-14(19)12-5-3-11(4-6-12)13(16)18-20/h3-6,20H,2,7-10H2,1H3,(H2,16,18)(H,17,19). The molecule has 5 nitrogen and oxygen atoms in total. The first-order chi connectivity index (χ1) is 9.60. The van der Waals surface area contributed by atoms with Crippen molar-refractivity contribution in [1.82, 2.24) is 5.32 Å². The van der Waals surface area contributed by atoms with E-state index in [4.69, 9.17) is 10.9 Å². The monoisotopic (exact) mass is 275 g/mol. The van der Waals surface area contributed by atoms with E-state index < -0.39 is 0 Å². The molecule has 0 aliphatic heterocycles. The van der Waals surface area contributed by atoms with Crippen molar-refractivity contribution in [3.8, 4) is 0 Å². The van der Waals surface area contributed by atoms with Crippen molar-refractivity contribution in [3.63, 3.8) is 0 Å². The van der Waals surface area contributed by atoms with Gasteiger partial charge in [0, 0.05) is 17.7 Å². The van der Waals surface area contributed by atoms with E-state index in [9.17, 15) is 4.79 Å². The van der Waals surface area contributed by atoms with E-state index in [-0.39, 0.29) is 11.7 Å². The minimum Gasteiger partial charge on any atom is -0.409 e. The summed E-state index contributed by atoms with van der Waals surface area (Å²) in [7, 11) is 0. The summed E-state index contributed by atoms with van der Waals surface area (Å²) in [6, 6.07) is 6.70. The van der Waals surface area contributed by atoms with Gasteiger partial charge in [0.1, 0.15) is 0 Å². The van der Waals surface area contributed by atoms with Crippen LogP contribution in [0.2, 0.25) is 0 Å². The normalized spacial score (nSPS) is 16.8. The Hall–Kier alpha value is -2.04. The summed E-state index contributed by atoms with van der Waals surface area (Å²) in [5.41, 5.74) is 7.00. The van der Waals surface area contributed by atoms with Gasteiger partial charge in [0.2, 0.25) is 0 Å². The number of amidine groups is 1. The van der Waals surface area contributed by atoms with Crippen LogP contribution in [-0.4, -0.2) is 23.5 Å². The summed E-state index contributed by atoms with van der Waals surface area (Å²) in [6.07, 6.45) is 4.76. The van der Waals surface area contributed by atoms with Gasteiger partial charge in [-0.3, -0.25) is 4.79 Å². The van der Waals surface area contributed by atoms with Gasteiger partial charge in [-0.15, -0.1) is 0 Å². The number of amides is 1. The van der Waals surface area contributed by atoms with E-state index in [0.29, 0.717) is 16.5 Å². The predicted octanol–water partition coefficient (Wildman–Crippen LogP) is 2.09. The summed E-state index contributed by atoms with van der Waals surface area (Å²) < 4.78 is 0. The van der Waals surface area contributed by atoms with Crippen LogP contribution in [0, 0.1) is 5.41 Å². The highest BCUT2D eigenvalue weighted by Gasteiger charge is 2.41. The second kappa shape index (κ2) is 5.94. The molecule has 0 spiro atoms. The smallest absolute Gasteiger partial charge is 0.251 e. The van der Waals surface area contributed by atoms with Crippen molar-refractivity contribution in [2.75, 3.05) is 6.54 Å². The van der Waals surface area contributed by atoms with Gasteiger partial charge in [-0.1, -0.05) is 30.6 Å². The van der Waals surface area contributed by atoms with E-state index in [0.717, 1.165) is 13.0 Å². The lowest BCUT2D eigenvalue weighted by Crippen LogP contribution is -2.30. The lowest BCUT2D eigenvalue weighted by Gasteiger charge is -2.14. The van der Waals surface area contributed by atoms with Crippen LogP contribution in [0.3, 0.4) is 0 Å². The Morgan fingerprint density at radius 3 is 2.45 bits per heavy atom. The van der Waals surface area contributed by atoms with Crippen molar-refractivity contribution in [3.05, 3.63) is 35.4 Å². The third-order valence-electron chi connectivity index (χ3n) is 3.91. The Balaban J connectivity index is 1.93. The average Bonchev–Trinajstić information content (AvgIpc) is 3.24. The number of hydrogen-bond acceptors (Lipinski definition) is 3. The maximum absolute atomic E-state index is 12.1. The lowest BCUT2D eigenvalue weighted by atomic mass is 10.0. The minimum atomic E-state index is -0.0709. The van der Waals surface area contributed by atoms with Crippen LogP contribution in [-0.2, 0) is 0 Å². The van der Waals surface area contributed by atoms with E-state index in [1.54, 1.807) is 24.3 Å². The SMILES string of the molecule is CCCC1(CNC(=O)c2ccc(/C(N)=N/O)cc2)CC1. The quantitative estimate of drug-likeness (QED) is 0.321. The van der Waals surface area contributed by atoms with Gasteiger partial charge in [-0.05, 0) is 36.8 Å². The highest BCUT2D eigenvalue weighted by molar-refractivity contribution is 5.99. The molecule has 0 heterocycles. The molecule has 1 aliphatic carbocycles. The van der Waals surface area contributed by atoms with Crippen molar-refractivity contribution < 1.29 is 10.0 Å². The molecule has 1 aliphatic rings. The molecule has 1 fully saturated rings. The first-order valence-corrected chi connectivity index (χ1v) is 6.96. The Morgan fingerprint density at radius 2 is 1.95 bits per heavy atom. The highest BCUT2D eigenvalue weighted by Crippen LogP contribution is 2.48. The van der Waals surface area contributed by atoms with Gasteiger partial charge in [0.15, 0.2) is 5.84 Å². The molecule has 1 aromatic rings. The van der Waals surface area contributed by atoms with Gasteiger partial charge in [0.25, 0.3) is 5.91 Å². The van der Waals surface area contributed by atoms with Gasteiger partial charge < -0.3 is 16.3 Å². The summed E-state index contributed by atoms with van der Waals surface area (Å²) in [5, 5.41) is 14.5. The molecule has 1 saturated carbocycles. The molecule has 5 heteroatoms. The minimum absolute atomic E-state index is 0.0387. The zero-order chi connectivity index (χ0) is 14.6. The molecule has 4 N–H and O–H groups in total. The molecule has 1 aromatic carbocycles. The number of oxime groups is 1. The first-order valence-electron chi connectivity index (χ1n) is 6.96. The summed E-state index contributed by atoms with van der Waals surface area (Å²) in [5.74, 6) is -0.0322. The highest BCUT2D eigenvalue weighted by atomic mass is 16.4. The number of rotatable bonds is 6. The van der Waals surface area contributed by atoms with Gasteiger partial charge in [-0.25, -0.2) is 0 Å². The molecule has 0 radical (unpaired) electrons. The zero-order valence-corrected chi connectivity index (χ0v) is 11.7. The molecular weight excluding hydrogens is 254 g/mol. The summed E-state index contributed by atoms with van der Waals surface area (Å²) in [6.45, 7) is 2.93. The largest absolute Gasteiger partial charge is 0.409 e. The van der Waals surface area contributed by atoms with E-state index in [1.165, 1.54) is 19.3 Å². The zero-order valence-electron chi connectivity index (χ0n) is 11.7. The Labute approximate surface area is 118 Å². The topological polar surface area (TPSA) is 87.7 Å². The van der Waals surface area contributed by atoms with Crippen LogP contribution in [0.1, 0.15) is 48.5 Å². The first kappa shape index (κ1) is 14.4. The Kier molecular flexibility index (Phi) is 4.27. The number of carbonyl (C=O) groups excluding carboxylic acids is 1. The molecule has 0 aromatic heterocycles. The van der Waals surface area contributed by atoms with E-state index in [2.05, 4.69) is 17.4 Å². The number of carbonyl (C=O) groups is 1. The number of nitrogens with zero attached hydrogens (tertiary/aromatic N) is 1. The fourth-order valence-electron chi connectivity index (χ4n) is 2.44. The third kappa shape index (κ3) is 3.29. The van der Waals surface area contributed by atoms with Crippen molar-refractivity contribution in [2.45, 2.75) is 32.6 Å². The third-order valence-corrected chi connectivity index (χ3v) is 3.91. The van der Waals surface area contributed by atoms with Crippen molar-refractivity contribution in [2.24, 2.45) is 16.3 Å². The second-order valence-electron chi connectivity index (χ2n) is 5.50. The summed E-state index contributed by atoms with van der Waals surface area (Å²) >= 11 is 0. The molecule has 0 unspecified atom stereocenters. The van der Waals surface area contributed by atoms with Crippen LogP contribution in [0.15, 0.2) is 29.4 Å². The lowest BCUT2D eigenvalue weighted by molar-refractivity contribution is 0.0943. The molecular formula is C15H21N3O2. The fourth-order valence-corrected chi connectivity index (χ4v) is 2.44. The average molecular weight is 275 g/mol.